The number of amides is 2. The molecule has 1 aromatic rings. The van der Waals surface area contributed by atoms with E-state index in [2.05, 4.69) is 5.32 Å². The average Bonchev–Trinajstić information content (AvgIpc) is 2.62. The van der Waals surface area contributed by atoms with Crippen molar-refractivity contribution in [2.75, 3.05) is 25.5 Å². The second-order valence-corrected chi connectivity index (χ2v) is 5.89. The predicted octanol–water partition coefficient (Wildman–Crippen LogP) is 2.12. The molecule has 7 heteroatoms. The van der Waals surface area contributed by atoms with E-state index >= 15 is 0 Å². The van der Waals surface area contributed by atoms with Gasteiger partial charge in [0, 0.05) is 12.7 Å². The van der Waals surface area contributed by atoms with E-state index in [1.165, 1.54) is 36.2 Å². The molecule has 0 spiro atoms. The Morgan fingerprint density at radius 1 is 1.24 bits per heavy atom. The van der Waals surface area contributed by atoms with Crippen LogP contribution in [0.2, 0.25) is 0 Å². The first-order valence-electron chi connectivity index (χ1n) is 8.06. The maximum atomic E-state index is 12.8. The first kappa shape index (κ1) is 18.6. The van der Waals surface area contributed by atoms with Crippen molar-refractivity contribution < 1.29 is 23.5 Å². The lowest BCUT2D eigenvalue weighted by Gasteiger charge is -2.19. The summed E-state index contributed by atoms with van der Waals surface area (Å²) in [4.78, 5) is 36.9. The topological polar surface area (TPSA) is 75.7 Å². The summed E-state index contributed by atoms with van der Waals surface area (Å²) in [6, 6.07) is 5.31. The zero-order valence-corrected chi connectivity index (χ0v) is 14.0. The molecule has 0 aliphatic heterocycles. The molecule has 134 valence electrons. The van der Waals surface area contributed by atoms with Gasteiger partial charge in [0.15, 0.2) is 6.61 Å². The zero-order chi connectivity index (χ0) is 18.2. The van der Waals surface area contributed by atoms with Gasteiger partial charge in [0.05, 0.1) is 12.5 Å². The highest BCUT2D eigenvalue weighted by atomic mass is 19.1. The summed E-state index contributed by atoms with van der Waals surface area (Å²) < 4.78 is 17.9. The van der Waals surface area contributed by atoms with Gasteiger partial charge in [0.2, 0.25) is 5.91 Å². The maximum absolute atomic E-state index is 12.8. The number of hydrogen-bond donors (Lipinski definition) is 1. The number of nitrogens with one attached hydrogen (secondary N) is 1. The molecule has 0 radical (unpaired) electrons. The zero-order valence-electron chi connectivity index (χ0n) is 14.0. The molecule has 0 saturated heterocycles. The van der Waals surface area contributed by atoms with Crippen LogP contribution < -0.4 is 5.32 Å². The van der Waals surface area contributed by atoms with Crippen molar-refractivity contribution in [3.63, 3.8) is 0 Å². The van der Waals surface area contributed by atoms with Gasteiger partial charge in [-0.05, 0) is 43.5 Å². The van der Waals surface area contributed by atoms with Crippen molar-refractivity contribution in [2.45, 2.75) is 19.3 Å². The van der Waals surface area contributed by atoms with E-state index in [0.717, 1.165) is 12.8 Å². The Balaban J connectivity index is 1.73. The highest BCUT2D eigenvalue weighted by molar-refractivity contribution is 5.94. The fourth-order valence-corrected chi connectivity index (χ4v) is 2.41. The third kappa shape index (κ3) is 6.02. The predicted molar refractivity (Wildman–Crippen MR) is 90.1 cm³/mol. The van der Waals surface area contributed by atoms with Crippen LogP contribution >= 0.6 is 0 Å². The third-order valence-corrected chi connectivity index (χ3v) is 3.87. The van der Waals surface area contributed by atoms with Crippen molar-refractivity contribution in [3.05, 3.63) is 42.2 Å². The van der Waals surface area contributed by atoms with Crippen LogP contribution in [-0.2, 0) is 19.1 Å². The number of allylic oxidation sites excluding steroid dienone is 2. The normalized spacial score (nSPS) is 16.2. The van der Waals surface area contributed by atoms with E-state index in [9.17, 15) is 18.8 Å². The summed E-state index contributed by atoms with van der Waals surface area (Å²) in [7, 11) is 1.45. The molecule has 1 N–H and O–H groups in total. The molecule has 2 rings (SSSR count). The van der Waals surface area contributed by atoms with E-state index in [1.54, 1.807) is 0 Å². The van der Waals surface area contributed by atoms with Gasteiger partial charge in [-0.15, -0.1) is 0 Å². The largest absolute Gasteiger partial charge is 0.455 e. The van der Waals surface area contributed by atoms with Gasteiger partial charge in [-0.2, -0.15) is 0 Å². The van der Waals surface area contributed by atoms with Crippen LogP contribution in [0.5, 0.6) is 0 Å². The second-order valence-electron chi connectivity index (χ2n) is 5.89. The monoisotopic (exact) mass is 348 g/mol. The maximum Gasteiger partial charge on any atom is 0.309 e. The van der Waals surface area contributed by atoms with Gasteiger partial charge in [-0.3, -0.25) is 14.4 Å². The molecule has 0 fully saturated rings. The van der Waals surface area contributed by atoms with Crippen molar-refractivity contribution in [3.8, 4) is 0 Å². The van der Waals surface area contributed by atoms with Crippen molar-refractivity contribution >= 4 is 23.5 Å². The van der Waals surface area contributed by atoms with Gasteiger partial charge in [0.25, 0.3) is 5.91 Å². The molecule has 1 aliphatic rings. The van der Waals surface area contributed by atoms with Crippen LogP contribution in [-0.4, -0.2) is 42.9 Å². The Kier molecular flexibility index (Phi) is 6.68. The standard InChI is InChI=1S/C18H21FN2O4/c1-21(11-16(22)20-15-9-7-14(19)8-10-15)17(23)12-25-18(24)13-5-3-2-4-6-13/h2-3,7-10,13H,4-6,11-12H2,1H3,(H,20,22)/t13-/m1/s1. The van der Waals surface area contributed by atoms with Crippen molar-refractivity contribution in [2.24, 2.45) is 5.92 Å². The highest BCUT2D eigenvalue weighted by Gasteiger charge is 2.22. The number of ether oxygens (including phenoxy) is 1. The molecule has 0 unspecified atom stereocenters. The molecule has 2 amide bonds. The summed E-state index contributed by atoms with van der Waals surface area (Å²) in [5.41, 5.74) is 0.434. The van der Waals surface area contributed by atoms with E-state index < -0.39 is 17.6 Å². The average molecular weight is 348 g/mol. The van der Waals surface area contributed by atoms with Crippen LogP contribution in [0.1, 0.15) is 19.3 Å². The molecule has 1 aromatic carbocycles. The van der Waals surface area contributed by atoms with Crippen LogP contribution in [0.4, 0.5) is 10.1 Å². The molecule has 0 saturated carbocycles. The number of benzene rings is 1. The minimum Gasteiger partial charge on any atom is -0.455 e. The molecule has 0 bridgehead atoms. The molecular weight excluding hydrogens is 327 g/mol. The number of halogens is 1. The van der Waals surface area contributed by atoms with Gasteiger partial charge >= 0.3 is 5.97 Å². The third-order valence-electron chi connectivity index (χ3n) is 3.87. The Morgan fingerprint density at radius 3 is 2.60 bits per heavy atom. The second kappa shape index (κ2) is 8.96. The van der Waals surface area contributed by atoms with E-state index in [1.807, 2.05) is 12.2 Å². The number of anilines is 1. The Hall–Kier alpha value is -2.70. The quantitative estimate of drug-likeness (QED) is 0.631. The minimum absolute atomic E-state index is 0.195. The lowest BCUT2D eigenvalue weighted by Crippen LogP contribution is -2.38. The molecule has 0 aromatic heterocycles. The Morgan fingerprint density at radius 2 is 1.96 bits per heavy atom. The number of carbonyl (C=O) groups excluding carboxylic acids is 3. The first-order chi connectivity index (χ1) is 12.0. The van der Waals surface area contributed by atoms with Gasteiger partial charge < -0.3 is 15.0 Å². The lowest BCUT2D eigenvalue weighted by atomic mass is 9.95. The van der Waals surface area contributed by atoms with Gasteiger partial charge in [0.1, 0.15) is 5.82 Å². The van der Waals surface area contributed by atoms with Crippen molar-refractivity contribution in [1.29, 1.82) is 0 Å². The molecule has 0 heterocycles. The van der Waals surface area contributed by atoms with Crippen LogP contribution in [0.15, 0.2) is 36.4 Å². The number of rotatable bonds is 6. The minimum atomic E-state index is -0.464. The van der Waals surface area contributed by atoms with E-state index in [0.29, 0.717) is 12.1 Å². The number of likely N-dealkylation sites (N-methyl/N-ethyl adjacent to an activating group) is 1. The van der Waals surface area contributed by atoms with Crippen LogP contribution in [0, 0.1) is 11.7 Å². The smallest absolute Gasteiger partial charge is 0.309 e. The first-order valence-corrected chi connectivity index (χ1v) is 8.06. The summed E-state index contributed by atoms with van der Waals surface area (Å²) in [6.07, 6.45) is 6.13. The number of carbonyl (C=O) groups is 3. The number of hydrogen-bond acceptors (Lipinski definition) is 4. The van der Waals surface area contributed by atoms with Crippen LogP contribution in [0.3, 0.4) is 0 Å². The Labute approximate surface area is 145 Å². The van der Waals surface area contributed by atoms with E-state index in [-0.39, 0.29) is 25.0 Å². The summed E-state index contributed by atoms with van der Waals surface area (Å²) >= 11 is 0. The number of nitrogens with zero attached hydrogens (tertiary/aromatic N) is 1. The summed E-state index contributed by atoms with van der Waals surface area (Å²) in [5.74, 6) is -1.88. The highest BCUT2D eigenvalue weighted by Crippen LogP contribution is 2.19. The van der Waals surface area contributed by atoms with Crippen molar-refractivity contribution in [1.82, 2.24) is 4.90 Å². The summed E-state index contributed by atoms with van der Waals surface area (Å²) in [5, 5.41) is 2.56. The molecular formula is C18H21FN2O4. The SMILES string of the molecule is CN(CC(=O)Nc1ccc(F)cc1)C(=O)COC(=O)[C@@H]1CC=CCC1. The molecule has 25 heavy (non-hydrogen) atoms. The lowest BCUT2D eigenvalue weighted by molar-refractivity contribution is -0.155. The summed E-state index contributed by atoms with van der Waals surface area (Å²) in [6.45, 7) is -0.584. The van der Waals surface area contributed by atoms with Crippen LogP contribution in [0.25, 0.3) is 0 Å². The fourth-order valence-electron chi connectivity index (χ4n) is 2.41. The Bertz CT molecular complexity index is 658. The molecule has 6 nitrogen and oxygen atoms in total. The molecule has 1 aliphatic carbocycles. The number of esters is 1. The van der Waals surface area contributed by atoms with Gasteiger partial charge in [-0.25, -0.2) is 4.39 Å². The van der Waals surface area contributed by atoms with Gasteiger partial charge in [-0.1, -0.05) is 12.2 Å². The fraction of sp³-hybridized carbons (Fsp3) is 0.389. The molecule has 1 atom stereocenters. The van der Waals surface area contributed by atoms with E-state index in [4.69, 9.17) is 4.74 Å².